The average molecular weight is 463 g/mol. The van der Waals surface area contributed by atoms with E-state index in [1.54, 1.807) is 40.7 Å². The molecule has 0 spiro atoms. The molecular weight excluding hydrogens is 432 g/mol. The summed E-state index contributed by atoms with van der Waals surface area (Å²) in [5, 5.41) is 0.548. The molecule has 1 aromatic heterocycles. The molecule has 0 radical (unpaired) electrons. The summed E-state index contributed by atoms with van der Waals surface area (Å²) < 4.78 is 8.69. The van der Waals surface area contributed by atoms with Crippen LogP contribution in [0.15, 0.2) is 39.9 Å². The minimum atomic E-state index is -0.649. The van der Waals surface area contributed by atoms with Gasteiger partial charge < -0.3 is 14.5 Å². The van der Waals surface area contributed by atoms with Crippen LogP contribution in [0.3, 0.4) is 0 Å². The lowest BCUT2D eigenvalue weighted by atomic mass is 10.2. The van der Waals surface area contributed by atoms with E-state index in [4.69, 9.17) is 16.3 Å². The zero-order valence-electron chi connectivity index (χ0n) is 19.2. The van der Waals surface area contributed by atoms with E-state index < -0.39 is 6.10 Å². The van der Waals surface area contributed by atoms with Crippen molar-refractivity contribution in [1.29, 1.82) is 0 Å². The van der Waals surface area contributed by atoms with Gasteiger partial charge >= 0.3 is 5.69 Å². The molecule has 2 aromatic rings. The number of halogens is 1. The number of benzene rings is 1. The highest BCUT2D eigenvalue weighted by molar-refractivity contribution is 6.30. The number of rotatable bonds is 6. The SMILES string of the molecule is CC(C)n1c(N2CCN(C(=O)[C@H](C)Oc3cccc(Cl)c3)CC2)cc(=O)n(C(C)C)c1=O. The highest BCUT2D eigenvalue weighted by Crippen LogP contribution is 2.21. The van der Waals surface area contributed by atoms with Gasteiger partial charge in [0.1, 0.15) is 11.6 Å². The van der Waals surface area contributed by atoms with Crippen molar-refractivity contribution in [3.8, 4) is 5.75 Å². The van der Waals surface area contributed by atoms with Crippen LogP contribution in [0.25, 0.3) is 0 Å². The molecule has 0 aliphatic carbocycles. The van der Waals surface area contributed by atoms with Gasteiger partial charge in [-0.3, -0.25) is 18.7 Å². The molecule has 1 atom stereocenters. The molecule has 1 fully saturated rings. The summed E-state index contributed by atoms with van der Waals surface area (Å²) >= 11 is 5.99. The van der Waals surface area contributed by atoms with Crippen LogP contribution in [0.2, 0.25) is 5.02 Å². The average Bonchev–Trinajstić information content (AvgIpc) is 2.72. The summed E-state index contributed by atoms with van der Waals surface area (Å²) in [6, 6.07) is 8.17. The first kappa shape index (κ1) is 23.9. The maximum atomic E-state index is 13.0. The predicted molar refractivity (Wildman–Crippen MR) is 126 cm³/mol. The standard InChI is InChI=1S/C23H31ClN4O4/c1-15(2)27-20(14-21(29)28(16(3)4)23(27)31)25-9-11-26(12-10-25)22(30)17(5)32-19-8-6-7-18(24)13-19/h6-8,13-17H,9-12H2,1-5H3/t17-/m0/s1. The van der Waals surface area contributed by atoms with Gasteiger partial charge in [-0.1, -0.05) is 17.7 Å². The summed E-state index contributed by atoms with van der Waals surface area (Å²) in [5.74, 6) is 1.03. The summed E-state index contributed by atoms with van der Waals surface area (Å²) in [6.07, 6.45) is -0.649. The van der Waals surface area contributed by atoms with Crippen molar-refractivity contribution in [2.24, 2.45) is 0 Å². The molecule has 0 saturated carbocycles. The van der Waals surface area contributed by atoms with Gasteiger partial charge in [0.25, 0.3) is 11.5 Å². The zero-order valence-corrected chi connectivity index (χ0v) is 20.0. The van der Waals surface area contributed by atoms with E-state index in [-0.39, 0.29) is 29.2 Å². The second-order valence-corrected chi connectivity index (χ2v) is 9.02. The lowest BCUT2D eigenvalue weighted by molar-refractivity contribution is -0.138. The third kappa shape index (κ3) is 5.01. The molecule has 1 aliphatic heterocycles. The summed E-state index contributed by atoms with van der Waals surface area (Å²) in [6.45, 7) is 11.2. The quantitative estimate of drug-likeness (QED) is 0.659. The van der Waals surface area contributed by atoms with Gasteiger partial charge in [0.2, 0.25) is 0 Å². The highest BCUT2D eigenvalue weighted by atomic mass is 35.5. The van der Waals surface area contributed by atoms with Crippen molar-refractivity contribution < 1.29 is 9.53 Å². The monoisotopic (exact) mass is 462 g/mol. The maximum Gasteiger partial charge on any atom is 0.333 e. The number of anilines is 1. The molecule has 32 heavy (non-hydrogen) atoms. The van der Waals surface area contributed by atoms with Crippen LogP contribution in [0.4, 0.5) is 5.82 Å². The Labute approximate surface area is 193 Å². The molecule has 1 saturated heterocycles. The fourth-order valence-electron chi connectivity index (χ4n) is 3.97. The van der Waals surface area contributed by atoms with Crippen LogP contribution in [-0.2, 0) is 4.79 Å². The highest BCUT2D eigenvalue weighted by Gasteiger charge is 2.28. The molecule has 2 heterocycles. The fourth-order valence-corrected chi connectivity index (χ4v) is 4.15. The number of hydrogen-bond acceptors (Lipinski definition) is 5. The number of amides is 1. The van der Waals surface area contributed by atoms with Gasteiger partial charge in [0.05, 0.1) is 0 Å². The van der Waals surface area contributed by atoms with Crippen LogP contribution >= 0.6 is 11.6 Å². The Morgan fingerprint density at radius 2 is 1.56 bits per heavy atom. The molecular formula is C23H31ClN4O4. The number of ether oxygens (including phenoxy) is 1. The van der Waals surface area contributed by atoms with Crippen molar-refractivity contribution in [1.82, 2.24) is 14.0 Å². The van der Waals surface area contributed by atoms with Crippen molar-refractivity contribution in [2.75, 3.05) is 31.1 Å². The Kier molecular flexibility index (Phi) is 7.33. The first-order chi connectivity index (χ1) is 15.1. The molecule has 8 nitrogen and oxygen atoms in total. The van der Waals surface area contributed by atoms with E-state index >= 15 is 0 Å². The Hall–Kier alpha value is -2.74. The van der Waals surface area contributed by atoms with Crippen LogP contribution in [0.5, 0.6) is 5.75 Å². The normalized spacial score (nSPS) is 15.4. The molecule has 1 aliphatic rings. The number of carbonyl (C=O) groups is 1. The number of carbonyl (C=O) groups excluding carboxylic acids is 1. The minimum Gasteiger partial charge on any atom is -0.481 e. The molecule has 0 unspecified atom stereocenters. The first-order valence-corrected chi connectivity index (χ1v) is 11.3. The number of nitrogens with zero attached hydrogens (tertiary/aromatic N) is 4. The molecule has 174 valence electrons. The van der Waals surface area contributed by atoms with Crippen LogP contribution < -0.4 is 20.9 Å². The van der Waals surface area contributed by atoms with Gasteiger partial charge in [0, 0.05) is 49.4 Å². The van der Waals surface area contributed by atoms with E-state index in [1.807, 2.05) is 32.6 Å². The van der Waals surface area contributed by atoms with Crippen LogP contribution in [0, 0.1) is 0 Å². The predicted octanol–water partition coefficient (Wildman–Crippen LogP) is 2.94. The third-order valence-electron chi connectivity index (χ3n) is 5.55. The number of hydrogen-bond donors (Lipinski definition) is 0. The Morgan fingerprint density at radius 1 is 0.938 bits per heavy atom. The molecule has 0 N–H and O–H groups in total. The van der Waals surface area contributed by atoms with Gasteiger partial charge in [-0.25, -0.2) is 4.79 Å². The summed E-state index contributed by atoms with van der Waals surface area (Å²) in [7, 11) is 0. The van der Waals surface area contributed by atoms with Gasteiger partial charge in [-0.15, -0.1) is 0 Å². The lowest BCUT2D eigenvalue weighted by Gasteiger charge is -2.38. The largest absolute Gasteiger partial charge is 0.481 e. The van der Waals surface area contributed by atoms with Gasteiger partial charge in [-0.2, -0.15) is 0 Å². The fraction of sp³-hybridized carbons (Fsp3) is 0.522. The number of piperazine rings is 1. The van der Waals surface area contributed by atoms with Crippen molar-refractivity contribution in [3.05, 3.63) is 56.2 Å². The molecule has 0 bridgehead atoms. The Bertz CT molecular complexity index is 1080. The maximum absolute atomic E-state index is 13.0. The van der Waals surface area contributed by atoms with E-state index in [0.717, 1.165) is 0 Å². The topological polar surface area (TPSA) is 76.8 Å². The second kappa shape index (κ2) is 9.81. The van der Waals surface area contributed by atoms with Crippen molar-refractivity contribution in [3.63, 3.8) is 0 Å². The van der Waals surface area contributed by atoms with E-state index in [0.29, 0.717) is 42.8 Å². The zero-order chi connectivity index (χ0) is 23.6. The lowest BCUT2D eigenvalue weighted by Crippen LogP contribution is -2.53. The molecule has 9 heteroatoms. The Balaban J connectivity index is 1.73. The van der Waals surface area contributed by atoms with Gasteiger partial charge in [0.15, 0.2) is 6.10 Å². The minimum absolute atomic E-state index is 0.103. The molecule has 1 amide bonds. The van der Waals surface area contributed by atoms with Crippen molar-refractivity contribution in [2.45, 2.75) is 52.8 Å². The van der Waals surface area contributed by atoms with Crippen LogP contribution in [0.1, 0.15) is 46.7 Å². The number of aromatic nitrogens is 2. The van der Waals surface area contributed by atoms with E-state index in [9.17, 15) is 14.4 Å². The van der Waals surface area contributed by atoms with E-state index in [2.05, 4.69) is 0 Å². The smallest absolute Gasteiger partial charge is 0.333 e. The second-order valence-electron chi connectivity index (χ2n) is 8.58. The van der Waals surface area contributed by atoms with Crippen molar-refractivity contribution >= 4 is 23.3 Å². The third-order valence-corrected chi connectivity index (χ3v) is 5.79. The molecule has 1 aromatic carbocycles. The first-order valence-electron chi connectivity index (χ1n) is 10.9. The summed E-state index contributed by atoms with van der Waals surface area (Å²) in [5.41, 5.74) is -0.612. The van der Waals surface area contributed by atoms with Crippen LogP contribution in [-0.4, -0.2) is 52.2 Å². The molecule has 3 rings (SSSR count). The Morgan fingerprint density at radius 3 is 2.12 bits per heavy atom. The van der Waals surface area contributed by atoms with E-state index in [1.165, 1.54) is 10.6 Å². The summed E-state index contributed by atoms with van der Waals surface area (Å²) in [4.78, 5) is 42.2. The van der Waals surface area contributed by atoms with Gasteiger partial charge in [-0.05, 0) is 52.8 Å².